The highest BCUT2D eigenvalue weighted by atomic mass is 16.5. The first kappa shape index (κ1) is 17.0. The Bertz CT molecular complexity index is 967. The third kappa shape index (κ3) is 3.42. The van der Waals surface area contributed by atoms with Gasteiger partial charge in [-0.15, -0.1) is 0 Å². The van der Waals surface area contributed by atoms with Gasteiger partial charge in [0.15, 0.2) is 5.76 Å². The van der Waals surface area contributed by atoms with E-state index in [4.69, 9.17) is 4.52 Å². The second-order valence-corrected chi connectivity index (χ2v) is 7.25. The topological polar surface area (TPSA) is 64.2 Å². The fourth-order valence-corrected chi connectivity index (χ4v) is 3.79. The Morgan fingerprint density at radius 1 is 1.19 bits per heavy atom. The van der Waals surface area contributed by atoms with Crippen molar-refractivity contribution in [3.8, 4) is 0 Å². The van der Waals surface area contributed by atoms with Crippen molar-refractivity contribution in [3.05, 3.63) is 58.0 Å². The molecule has 0 spiro atoms. The van der Waals surface area contributed by atoms with Gasteiger partial charge in [0.05, 0.1) is 23.1 Å². The van der Waals surface area contributed by atoms with Crippen LogP contribution < -0.4 is 5.56 Å². The Labute approximate surface area is 152 Å². The summed E-state index contributed by atoms with van der Waals surface area (Å²) in [6.07, 6.45) is 2.15. The lowest BCUT2D eigenvalue weighted by atomic mass is 9.96. The molecule has 136 valence electrons. The van der Waals surface area contributed by atoms with E-state index in [0.29, 0.717) is 11.3 Å². The standard InChI is InChI=1S/C20H24N4O2/c1-14-11-17(26-22-14)13-23-9-7-16(8-10-23)12-24-15(2)21-19-6-4-3-5-18(19)20(24)25/h3-6,11,16H,7-10,12-13H2,1-2H3. The maximum atomic E-state index is 12.8. The van der Waals surface area contributed by atoms with Gasteiger partial charge in [0.1, 0.15) is 5.82 Å². The van der Waals surface area contributed by atoms with Crippen molar-refractivity contribution >= 4 is 10.9 Å². The summed E-state index contributed by atoms with van der Waals surface area (Å²) in [5, 5.41) is 4.66. The van der Waals surface area contributed by atoms with Crippen LogP contribution in [0.3, 0.4) is 0 Å². The van der Waals surface area contributed by atoms with E-state index in [1.807, 2.05) is 48.7 Å². The summed E-state index contributed by atoms with van der Waals surface area (Å²) < 4.78 is 7.17. The molecule has 0 aliphatic carbocycles. The van der Waals surface area contributed by atoms with Crippen LogP contribution in [0, 0.1) is 19.8 Å². The van der Waals surface area contributed by atoms with Gasteiger partial charge < -0.3 is 4.52 Å². The van der Waals surface area contributed by atoms with E-state index >= 15 is 0 Å². The molecule has 0 unspecified atom stereocenters. The van der Waals surface area contributed by atoms with Crippen molar-refractivity contribution in [2.45, 2.75) is 39.8 Å². The second-order valence-electron chi connectivity index (χ2n) is 7.25. The first-order chi connectivity index (χ1) is 12.6. The molecular weight excluding hydrogens is 328 g/mol. The molecule has 1 saturated heterocycles. The van der Waals surface area contributed by atoms with Gasteiger partial charge in [0, 0.05) is 12.6 Å². The zero-order valence-electron chi connectivity index (χ0n) is 15.3. The lowest BCUT2D eigenvalue weighted by Crippen LogP contribution is -2.36. The molecule has 0 radical (unpaired) electrons. The van der Waals surface area contributed by atoms with Crippen molar-refractivity contribution in [2.24, 2.45) is 5.92 Å². The summed E-state index contributed by atoms with van der Waals surface area (Å²) in [6.45, 7) is 7.45. The zero-order chi connectivity index (χ0) is 18.1. The van der Waals surface area contributed by atoms with Crippen LogP contribution in [0.15, 0.2) is 39.6 Å². The number of hydrogen-bond acceptors (Lipinski definition) is 5. The summed E-state index contributed by atoms with van der Waals surface area (Å²) in [4.78, 5) is 19.8. The van der Waals surface area contributed by atoms with Crippen LogP contribution in [0.1, 0.15) is 30.1 Å². The molecule has 1 fully saturated rings. The molecule has 0 N–H and O–H groups in total. The molecule has 0 atom stereocenters. The quantitative estimate of drug-likeness (QED) is 0.722. The molecule has 6 heteroatoms. The van der Waals surface area contributed by atoms with E-state index in [-0.39, 0.29) is 5.56 Å². The van der Waals surface area contributed by atoms with Crippen LogP contribution in [0.4, 0.5) is 0 Å². The number of piperidine rings is 1. The number of nitrogens with zero attached hydrogens (tertiary/aromatic N) is 4. The van der Waals surface area contributed by atoms with Crippen LogP contribution in [0.2, 0.25) is 0 Å². The molecule has 0 bridgehead atoms. The Balaban J connectivity index is 1.43. The van der Waals surface area contributed by atoms with Crippen LogP contribution in [-0.4, -0.2) is 32.7 Å². The largest absolute Gasteiger partial charge is 0.360 e. The molecule has 26 heavy (non-hydrogen) atoms. The Hall–Kier alpha value is -2.47. The molecular formula is C20H24N4O2. The predicted octanol–water partition coefficient (Wildman–Crippen LogP) is 2.91. The second kappa shape index (κ2) is 7.03. The Kier molecular flexibility index (Phi) is 4.59. The fourth-order valence-electron chi connectivity index (χ4n) is 3.79. The molecule has 3 aromatic rings. The monoisotopic (exact) mass is 352 g/mol. The van der Waals surface area contributed by atoms with E-state index in [1.165, 1.54) is 0 Å². The molecule has 1 aliphatic rings. The van der Waals surface area contributed by atoms with Gasteiger partial charge in [0.25, 0.3) is 5.56 Å². The van der Waals surface area contributed by atoms with Crippen LogP contribution in [0.25, 0.3) is 10.9 Å². The van der Waals surface area contributed by atoms with Gasteiger partial charge in [-0.1, -0.05) is 17.3 Å². The Morgan fingerprint density at radius 2 is 1.96 bits per heavy atom. The van der Waals surface area contributed by atoms with Crippen LogP contribution in [-0.2, 0) is 13.1 Å². The molecule has 2 aromatic heterocycles. The average Bonchev–Trinajstić information content (AvgIpc) is 3.05. The lowest BCUT2D eigenvalue weighted by molar-refractivity contribution is 0.152. The highest BCUT2D eigenvalue weighted by Crippen LogP contribution is 2.21. The maximum Gasteiger partial charge on any atom is 0.261 e. The normalized spacial score (nSPS) is 16.4. The van der Waals surface area contributed by atoms with Crippen molar-refractivity contribution in [2.75, 3.05) is 13.1 Å². The molecule has 0 amide bonds. The molecule has 1 aromatic carbocycles. The summed E-state index contributed by atoms with van der Waals surface area (Å²) in [5.74, 6) is 2.22. The number of aryl methyl sites for hydroxylation is 2. The summed E-state index contributed by atoms with van der Waals surface area (Å²) >= 11 is 0. The first-order valence-corrected chi connectivity index (χ1v) is 9.21. The molecule has 3 heterocycles. The van der Waals surface area contributed by atoms with Gasteiger partial charge in [-0.2, -0.15) is 0 Å². The molecule has 1 aliphatic heterocycles. The SMILES string of the molecule is Cc1cc(CN2CCC(Cn3c(C)nc4ccccc4c3=O)CC2)on1. The van der Waals surface area contributed by atoms with Gasteiger partial charge in [0.2, 0.25) is 0 Å². The van der Waals surface area contributed by atoms with Crippen LogP contribution >= 0.6 is 0 Å². The molecule has 0 saturated carbocycles. The number of aromatic nitrogens is 3. The molecule has 6 nitrogen and oxygen atoms in total. The lowest BCUT2D eigenvalue weighted by Gasteiger charge is -2.31. The zero-order valence-corrected chi connectivity index (χ0v) is 15.3. The highest BCUT2D eigenvalue weighted by molar-refractivity contribution is 5.77. The van der Waals surface area contributed by atoms with Crippen molar-refractivity contribution in [3.63, 3.8) is 0 Å². The molecule has 4 rings (SSSR count). The van der Waals surface area contributed by atoms with Crippen molar-refractivity contribution < 1.29 is 4.52 Å². The van der Waals surface area contributed by atoms with E-state index in [2.05, 4.69) is 15.0 Å². The maximum absolute atomic E-state index is 12.8. The number of fused-ring (bicyclic) bond motifs is 1. The van der Waals surface area contributed by atoms with Crippen molar-refractivity contribution in [1.82, 2.24) is 19.6 Å². The van der Waals surface area contributed by atoms with Crippen molar-refractivity contribution in [1.29, 1.82) is 0 Å². The van der Waals surface area contributed by atoms with Gasteiger partial charge >= 0.3 is 0 Å². The van der Waals surface area contributed by atoms with Gasteiger partial charge in [-0.3, -0.25) is 14.3 Å². The first-order valence-electron chi connectivity index (χ1n) is 9.21. The van der Waals surface area contributed by atoms with Crippen LogP contribution in [0.5, 0.6) is 0 Å². The summed E-state index contributed by atoms with van der Waals surface area (Å²) in [7, 11) is 0. The smallest absolute Gasteiger partial charge is 0.261 e. The summed E-state index contributed by atoms with van der Waals surface area (Å²) in [5.41, 5.74) is 1.78. The summed E-state index contributed by atoms with van der Waals surface area (Å²) in [6, 6.07) is 9.58. The number of likely N-dealkylation sites (tertiary alicyclic amines) is 1. The minimum Gasteiger partial charge on any atom is -0.360 e. The van der Waals surface area contributed by atoms with E-state index < -0.39 is 0 Å². The van der Waals surface area contributed by atoms with E-state index in [0.717, 1.165) is 61.8 Å². The van der Waals surface area contributed by atoms with Gasteiger partial charge in [-0.25, -0.2) is 4.98 Å². The number of hydrogen-bond donors (Lipinski definition) is 0. The minimum absolute atomic E-state index is 0.0765. The number of para-hydroxylation sites is 1. The van der Waals surface area contributed by atoms with Gasteiger partial charge in [-0.05, 0) is 57.8 Å². The Morgan fingerprint density at radius 3 is 2.69 bits per heavy atom. The predicted molar refractivity (Wildman–Crippen MR) is 100.0 cm³/mol. The number of benzene rings is 1. The third-order valence-electron chi connectivity index (χ3n) is 5.26. The average molecular weight is 352 g/mol. The van der Waals surface area contributed by atoms with E-state index in [9.17, 15) is 4.79 Å². The number of rotatable bonds is 4. The van der Waals surface area contributed by atoms with E-state index in [1.54, 1.807) is 0 Å². The fraction of sp³-hybridized carbons (Fsp3) is 0.450. The highest BCUT2D eigenvalue weighted by Gasteiger charge is 2.22. The third-order valence-corrected chi connectivity index (χ3v) is 5.26. The minimum atomic E-state index is 0.0765.